The molecule has 31 heavy (non-hydrogen) atoms. The van der Waals surface area contributed by atoms with E-state index in [0.717, 1.165) is 17.0 Å². The third-order valence-electron chi connectivity index (χ3n) is 4.95. The molecule has 0 aliphatic rings. The lowest BCUT2D eigenvalue weighted by Crippen LogP contribution is -2.25. The number of rotatable bonds is 6. The Morgan fingerprint density at radius 2 is 1.39 bits per heavy atom. The van der Waals surface area contributed by atoms with Crippen molar-refractivity contribution in [1.82, 2.24) is 0 Å². The topological polar surface area (TPSA) is 29.1 Å². The Labute approximate surface area is 182 Å². The number of benzene rings is 3. The Morgan fingerprint density at radius 3 is 1.90 bits per heavy atom. The van der Waals surface area contributed by atoms with E-state index in [4.69, 9.17) is 0 Å². The van der Waals surface area contributed by atoms with Gasteiger partial charge in [-0.3, -0.25) is 0 Å². The molecule has 1 heterocycles. The maximum Gasteiger partial charge on any atom is 0.416 e. The predicted octanol–water partition coefficient (Wildman–Crippen LogP) is 6.89. The van der Waals surface area contributed by atoms with Gasteiger partial charge in [0.15, 0.2) is 7.14 Å². The van der Waals surface area contributed by atoms with Crippen LogP contribution in [0, 0.1) is 0 Å². The van der Waals surface area contributed by atoms with Crippen molar-refractivity contribution in [2.75, 3.05) is 5.32 Å². The number of anilines is 1. The summed E-state index contributed by atoms with van der Waals surface area (Å²) in [6.45, 7) is 0. The minimum atomic E-state index is -4.46. The number of halogens is 3. The first kappa shape index (κ1) is 21.4. The van der Waals surface area contributed by atoms with Crippen LogP contribution in [0.25, 0.3) is 0 Å². The van der Waals surface area contributed by atoms with Gasteiger partial charge in [0.25, 0.3) is 0 Å². The van der Waals surface area contributed by atoms with Crippen LogP contribution in [0.1, 0.15) is 16.2 Å². The number of hydrogen-bond acceptors (Lipinski definition) is 3. The van der Waals surface area contributed by atoms with E-state index in [1.807, 2.05) is 78.2 Å². The van der Waals surface area contributed by atoms with E-state index < -0.39 is 24.7 Å². The van der Waals surface area contributed by atoms with Gasteiger partial charge in [-0.2, -0.15) is 13.2 Å². The fraction of sp³-hybridized carbons (Fsp3) is 0.0833. The zero-order valence-corrected chi connectivity index (χ0v) is 18.0. The van der Waals surface area contributed by atoms with Crippen molar-refractivity contribution in [3.8, 4) is 0 Å². The Kier molecular flexibility index (Phi) is 6.03. The van der Waals surface area contributed by atoms with Crippen molar-refractivity contribution in [1.29, 1.82) is 0 Å². The zero-order valence-electron chi connectivity index (χ0n) is 16.3. The molecule has 0 aliphatic heterocycles. The Balaban J connectivity index is 1.88. The van der Waals surface area contributed by atoms with E-state index in [9.17, 15) is 17.7 Å². The molecule has 0 bridgehead atoms. The summed E-state index contributed by atoms with van der Waals surface area (Å²) in [5.74, 6) is -0.721. The monoisotopic (exact) mass is 457 g/mol. The summed E-state index contributed by atoms with van der Waals surface area (Å²) in [6, 6.07) is 26.9. The van der Waals surface area contributed by atoms with Gasteiger partial charge in [-0.25, -0.2) is 0 Å². The van der Waals surface area contributed by atoms with E-state index in [1.165, 1.54) is 17.4 Å². The van der Waals surface area contributed by atoms with Crippen molar-refractivity contribution in [3.63, 3.8) is 0 Å². The molecule has 0 aliphatic carbocycles. The predicted molar refractivity (Wildman–Crippen MR) is 122 cm³/mol. The summed E-state index contributed by atoms with van der Waals surface area (Å²) >= 11 is 1.42. The van der Waals surface area contributed by atoms with Crippen molar-refractivity contribution in [3.05, 3.63) is 113 Å². The highest BCUT2D eigenvalue weighted by Crippen LogP contribution is 2.58. The molecule has 0 amide bonds. The molecule has 158 valence electrons. The molecule has 1 aromatic heterocycles. The van der Waals surface area contributed by atoms with Gasteiger partial charge in [-0.15, -0.1) is 11.3 Å². The van der Waals surface area contributed by atoms with E-state index in [0.29, 0.717) is 10.6 Å². The largest absolute Gasteiger partial charge is 0.416 e. The summed E-state index contributed by atoms with van der Waals surface area (Å²) in [6.07, 6.45) is -4.46. The lowest BCUT2D eigenvalue weighted by atomic mass is 10.2. The summed E-state index contributed by atoms with van der Waals surface area (Å²) < 4.78 is 54.6. The van der Waals surface area contributed by atoms with Gasteiger partial charge in [0.2, 0.25) is 0 Å². The fourth-order valence-corrected chi connectivity index (χ4v) is 7.66. The first-order valence-corrected chi connectivity index (χ1v) is 12.2. The molecule has 1 N–H and O–H groups in total. The molecule has 4 aromatic rings. The second kappa shape index (κ2) is 8.74. The third-order valence-corrected chi connectivity index (χ3v) is 9.33. The highest BCUT2D eigenvalue weighted by atomic mass is 32.1. The van der Waals surface area contributed by atoms with Gasteiger partial charge in [0.05, 0.1) is 5.56 Å². The Bertz CT molecular complexity index is 1130. The van der Waals surface area contributed by atoms with Gasteiger partial charge < -0.3 is 9.88 Å². The van der Waals surface area contributed by atoms with Gasteiger partial charge in [-0.1, -0.05) is 72.8 Å². The molecule has 2 nitrogen and oxygen atoms in total. The van der Waals surface area contributed by atoms with Crippen molar-refractivity contribution in [2.45, 2.75) is 12.0 Å². The van der Waals surface area contributed by atoms with E-state index in [1.54, 1.807) is 6.07 Å². The maximum atomic E-state index is 14.8. The first-order chi connectivity index (χ1) is 14.9. The van der Waals surface area contributed by atoms with Crippen molar-refractivity contribution < 1.29 is 17.7 Å². The normalized spacial score (nSPS) is 13.0. The SMILES string of the molecule is O=P(c1ccccc1)(c1ccccc1)C(Nc1cccc(C(F)(F)F)c1)c1cccs1. The van der Waals surface area contributed by atoms with Crippen LogP contribution in [-0.2, 0) is 10.7 Å². The molecule has 1 unspecified atom stereocenters. The minimum absolute atomic E-state index is 0.264. The Hall–Kier alpha value is -2.82. The second-order valence-electron chi connectivity index (χ2n) is 6.97. The van der Waals surface area contributed by atoms with Crippen molar-refractivity contribution >= 4 is 34.8 Å². The van der Waals surface area contributed by atoms with Crippen LogP contribution in [0.15, 0.2) is 102 Å². The molecule has 0 spiro atoms. The van der Waals surface area contributed by atoms with Crippen LogP contribution in [-0.4, -0.2) is 0 Å². The standard InChI is InChI=1S/C24H19F3NOPS/c25-24(26,27)18-9-7-10-19(17-18)28-23(22-15-8-16-31-22)30(29,20-11-3-1-4-12-20)21-13-5-2-6-14-21/h1-17,23,28H. The maximum absolute atomic E-state index is 14.8. The molecular formula is C24H19F3NOPS. The summed E-state index contributed by atoms with van der Waals surface area (Å²) in [7, 11) is -3.33. The molecular weight excluding hydrogens is 438 g/mol. The third kappa shape index (κ3) is 4.46. The highest BCUT2D eigenvalue weighted by molar-refractivity contribution is 7.79. The lowest BCUT2D eigenvalue weighted by molar-refractivity contribution is -0.137. The second-order valence-corrected chi connectivity index (χ2v) is 10.8. The van der Waals surface area contributed by atoms with Gasteiger partial charge in [0, 0.05) is 21.2 Å². The molecule has 0 radical (unpaired) electrons. The van der Waals surface area contributed by atoms with E-state index >= 15 is 0 Å². The summed E-state index contributed by atoms with van der Waals surface area (Å²) in [5.41, 5.74) is -0.489. The molecule has 4 rings (SSSR count). The average molecular weight is 457 g/mol. The van der Waals surface area contributed by atoms with Crippen LogP contribution < -0.4 is 15.9 Å². The highest BCUT2D eigenvalue weighted by Gasteiger charge is 2.39. The molecule has 1 atom stereocenters. The van der Waals surface area contributed by atoms with Gasteiger partial charge >= 0.3 is 6.18 Å². The summed E-state index contributed by atoms with van der Waals surface area (Å²) in [4.78, 5) is 0.786. The lowest BCUT2D eigenvalue weighted by Gasteiger charge is -2.30. The first-order valence-electron chi connectivity index (χ1n) is 9.57. The van der Waals surface area contributed by atoms with Gasteiger partial charge in [0.1, 0.15) is 5.78 Å². The van der Waals surface area contributed by atoms with Crippen LogP contribution in [0.3, 0.4) is 0 Å². The smallest absolute Gasteiger partial charge is 0.371 e. The molecule has 7 heteroatoms. The van der Waals surface area contributed by atoms with Crippen LogP contribution in [0.4, 0.5) is 18.9 Å². The fourth-order valence-electron chi connectivity index (χ4n) is 3.48. The number of nitrogens with one attached hydrogen (secondary N) is 1. The van der Waals surface area contributed by atoms with Crippen molar-refractivity contribution in [2.24, 2.45) is 0 Å². The molecule has 0 saturated heterocycles. The van der Waals surface area contributed by atoms with Crippen LogP contribution in [0.5, 0.6) is 0 Å². The van der Waals surface area contributed by atoms with Gasteiger partial charge in [-0.05, 0) is 29.6 Å². The number of alkyl halides is 3. The van der Waals surface area contributed by atoms with E-state index in [-0.39, 0.29) is 5.69 Å². The molecule has 0 saturated carbocycles. The minimum Gasteiger partial charge on any atom is -0.371 e. The summed E-state index contributed by atoms with van der Waals surface area (Å²) in [5, 5.41) is 6.33. The zero-order chi connectivity index (χ0) is 21.9. The van der Waals surface area contributed by atoms with Crippen LogP contribution >= 0.6 is 18.5 Å². The van der Waals surface area contributed by atoms with Crippen LogP contribution in [0.2, 0.25) is 0 Å². The van der Waals surface area contributed by atoms with E-state index in [2.05, 4.69) is 5.32 Å². The molecule has 3 aromatic carbocycles. The molecule has 0 fully saturated rings. The quantitative estimate of drug-likeness (QED) is 0.320. The number of thiophene rings is 1. The number of hydrogen-bond donors (Lipinski definition) is 1. The average Bonchev–Trinajstić information content (AvgIpc) is 3.32. The Morgan fingerprint density at radius 1 is 0.774 bits per heavy atom.